The highest BCUT2D eigenvalue weighted by atomic mass is 32.2. The second-order valence-corrected chi connectivity index (χ2v) is 6.77. The molecule has 1 aromatic carbocycles. The van der Waals surface area contributed by atoms with Crippen molar-refractivity contribution in [1.29, 1.82) is 0 Å². The van der Waals surface area contributed by atoms with E-state index in [1.54, 1.807) is 12.1 Å². The van der Waals surface area contributed by atoms with Crippen molar-refractivity contribution >= 4 is 11.8 Å². The fraction of sp³-hybridized carbons (Fsp3) is 0.500. The number of thioether (sulfide) groups is 1. The number of benzene rings is 1. The first-order valence-corrected chi connectivity index (χ1v) is 8.77. The molecule has 0 unspecified atom stereocenters. The standard InChI is InChI=1S/C16H20FN3OS/c1-20(13-4-3-5-14(13)22-2)10-15-18-19-16(21-15)11-6-8-12(17)9-7-11/h6-9,13-14H,3-5,10H2,1-2H3/t13-,14-/m0/s1. The summed E-state index contributed by atoms with van der Waals surface area (Å²) < 4.78 is 18.7. The van der Waals surface area contributed by atoms with Gasteiger partial charge in [-0.1, -0.05) is 6.42 Å². The van der Waals surface area contributed by atoms with E-state index in [0.717, 1.165) is 5.56 Å². The predicted octanol–water partition coefficient (Wildman–Crippen LogP) is 3.59. The second-order valence-electron chi connectivity index (χ2n) is 5.70. The lowest BCUT2D eigenvalue weighted by atomic mass is 10.2. The Morgan fingerprint density at radius 3 is 2.77 bits per heavy atom. The Morgan fingerprint density at radius 2 is 2.05 bits per heavy atom. The zero-order valence-corrected chi connectivity index (χ0v) is 13.6. The Bertz CT molecular complexity index is 616. The van der Waals surface area contributed by atoms with Gasteiger partial charge in [-0.25, -0.2) is 4.39 Å². The molecule has 118 valence electrons. The molecule has 1 heterocycles. The minimum Gasteiger partial charge on any atom is -0.419 e. The quantitative estimate of drug-likeness (QED) is 0.842. The summed E-state index contributed by atoms with van der Waals surface area (Å²) in [6, 6.07) is 6.66. The van der Waals surface area contributed by atoms with Crippen LogP contribution in [0.15, 0.2) is 28.7 Å². The van der Waals surface area contributed by atoms with Crippen LogP contribution in [0.25, 0.3) is 11.5 Å². The number of rotatable bonds is 5. The van der Waals surface area contributed by atoms with Crippen LogP contribution >= 0.6 is 11.8 Å². The number of hydrogen-bond acceptors (Lipinski definition) is 5. The van der Waals surface area contributed by atoms with E-state index >= 15 is 0 Å². The molecule has 6 heteroatoms. The summed E-state index contributed by atoms with van der Waals surface area (Å²) in [5.74, 6) is 0.775. The maximum Gasteiger partial charge on any atom is 0.247 e. The molecule has 22 heavy (non-hydrogen) atoms. The SMILES string of the molecule is CS[C@H]1CCC[C@@H]1N(C)Cc1nnc(-c2ccc(F)cc2)o1. The average Bonchev–Trinajstić information content (AvgIpc) is 3.16. The highest BCUT2D eigenvalue weighted by Gasteiger charge is 2.30. The minimum atomic E-state index is -0.271. The Balaban J connectivity index is 1.67. The van der Waals surface area contributed by atoms with E-state index in [0.29, 0.717) is 29.6 Å². The largest absolute Gasteiger partial charge is 0.419 e. The molecule has 3 rings (SSSR count). The zero-order chi connectivity index (χ0) is 15.5. The summed E-state index contributed by atoms with van der Waals surface area (Å²) in [5.41, 5.74) is 0.741. The summed E-state index contributed by atoms with van der Waals surface area (Å²) in [6.45, 7) is 0.649. The normalized spacial score (nSPS) is 21.6. The van der Waals surface area contributed by atoms with Gasteiger partial charge < -0.3 is 4.42 Å². The second kappa shape index (κ2) is 6.79. The van der Waals surface area contributed by atoms with E-state index in [9.17, 15) is 4.39 Å². The van der Waals surface area contributed by atoms with Crippen molar-refractivity contribution in [2.45, 2.75) is 37.1 Å². The molecule has 0 bridgehead atoms. The van der Waals surface area contributed by atoms with Gasteiger partial charge in [0.05, 0.1) is 6.54 Å². The predicted molar refractivity (Wildman–Crippen MR) is 86.1 cm³/mol. The molecule has 1 saturated carbocycles. The van der Waals surface area contributed by atoms with Gasteiger partial charge in [0.2, 0.25) is 11.8 Å². The Kier molecular flexibility index (Phi) is 4.78. The Hall–Kier alpha value is -1.40. The highest BCUT2D eigenvalue weighted by molar-refractivity contribution is 7.99. The van der Waals surface area contributed by atoms with Crippen LogP contribution in [0.1, 0.15) is 25.2 Å². The number of hydrogen-bond donors (Lipinski definition) is 0. The van der Waals surface area contributed by atoms with Gasteiger partial charge in [0, 0.05) is 16.9 Å². The molecule has 2 atom stereocenters. The van der Waals surface area contributed by atoms with Gasteiger partial charge in [-0.15, -0.1) is 10.2 Å². The topological polar surface area (TPSA) is 42.2 Å². The fourth-order valence-electron chi connectivity index (χ4n) is 3.04. The molecular formula is C16H20FN3OS. The molecule has 2 aromatic rings. The first kappa shape index (κ1) is 15.5. The molecule has 4 nitrogen and oxygen atoms in total. The number of halogens is 1. The summed E-state index contributed by atoms with van der Waals surface area (Å²) >= 11 is 1.94. The van der Waals surface area contributed by atoms with E-state index in [2.05, 4.69) is 28.4 Å². The van der Waals surface area contributed by atoms with Crippen molar-refractivity contribution in [2.75, 3.05) is 13.3 Å². The lowest BCUT2D eigenvalue weighted by Crippen LogP contribution is -2.35. The highest BCUT2D eigenvalue weighted by Crippen LogP contribution is 2.32. The van der Waals surface area contributed by atoms with Gasteiger partial charge in [-0.2, -0.15) is 11.8 Å². The van der Waals surface area contributed by atoms with Gasteiger partial charge in [-0.05, 0) is 50.4 Å². The minimum absolute atomic E-state index is 0.271. The molecule has 1 aromatic heterocycles. The maximum atomic E-state index is 12.9. The molecular weight excluding hydrogens is 301 g/mol. The monoisotopic (exact) mass is 321 g/mol. The van der Waals surface area contributed by atoms with E-state index in [1.807, 2.05) is 11.8 Å². The van der Waals surface area contributed by atoms with Crippen LogP contribution in [-0.2, 0) is 6.54 Å². The number of aromatic nitrogens is 2. The average molecular weight is 321 g/mol. The van der Waals surface area contributed by atoms with E-state index in [1.165, 1.54) is 31.4 Å². The summed E-state index contributed by atoms with van der Waals surface area (Å²) in [7, 11) is 2.11. The fourth-order valence-corrected chi connectivity index (χ4v) is 4.10. The van der Waals surface area contributed by atoms with Crippen LogP contribution in [0.2, 0.25) is 0 Å². The molecule has 0 N–H and O–H groups in total. The Labute approximate surface area is 134 Å². The zero-order valence-electron chi connectivity index (χ0n) is 12.8. The van der Waals surface area contributed by atoms with Crippen molar-refractivity contribution in [1.82, 2.24) is 15.1 Å². The van der Waals surface area contributed by atoms with Crippen LogP contribution in [0.3, 0.4) is 0 Å². The smallest absolute Gasteiger partial charge is 0.247 e. The third-order valence-electron chi connectivity index (χ3n) is 4.23. The van der Waals surface area contributed by atoms with Gasteiger partial charge in [0.15, 0.2) is 0 Å². The van der Waals surface area contributed by atoms with Crippen LogP contribution in [-0.4, -0.2) is 39.7 Å². The third-order valence-corrected chi connectivity index (χ3v) is 5.38. The first-order valence-electron chi connectivity index (χ1n) is 7.48. The van der Waals surface area contributed by atoms with Crippen molar-refractivity contribution in [3.8, 4) is 11.5 Å². The van der Waals surface area contributed by atoms with Crippen LogP contribution in [0.4, 0.5) is 4.39 Å². The van der Waals surface area contributed by atoms with Crippen LogP contribution in [0, 0.1) is 5.82 Å². The van der Waals surface area contributed by atoms with Crippen LogP contribution < -0.4 is 0 Å². The van der Waals surface area contributed by atoms with Gasteiger partial charge in [0.1, 0.15) is 5.82 Å². The van der Waals surface area contributed by atoms with Gasteiger partial charge >= 0.3 is 0 Å². The molecule has 0 saturated heterocycles. The summed E-state index contributed by atoms with van der Waals surface area (Å²) in [5, 5.41) is 8.87. The van der Waals surface area contributed by atoms with E-state index < -0.39 is 0 Å². The lowest BCUT2D eigenvalue weighted by Gasteiger charge is -2.27. The van der Waals surface area contributed by atoms with Crippen LogP contribution in [0.5, 0.6) is 0 Å². The van der Waals surface area contributed by atoms with Gasteiger partial charge in [-0.3, -0.25) is 4.90 Å². The molecule has 1 aliphatic rings. The summed E-state index contributed by atoms with van der Waals surface area (Å²) in [4.78, 5) is 2.30. The number of nitrogens with zero attached hydrogens (tertiary/aromatic N) is 3. The van der Waals surface area contributed by atoms with Crippen molar-refractivity contribution in [3.05, 3.63) is 36.0 Å². The maximum absolute atomic E-state index is 12.9. The Morgan fingerprint density at radius 1 is 1.27 bits per heavy atom. The molecule has 0 aliphatic heterocycles. The molecule has 1 aliphatic carbocycles. The summed E-state index contributed by atoms with van der Waals surface area (Å²) in [6.07, 6.45) is 5.96. The molecule has 0 amide bonds. The lowest BCUT2D eigenvalue weighted by molar-refractivity contribution is 0.219. The van der Waals surface area contributed by atoms with Crippen molar-refractivity contribution in [2.24, 2.45) is 0 Å². The molecule has 0 spiro atoms. The molecule has 1 fully saturated rings. The third kappa shape index (κ3) is 3.33. The molecule has 0 radical (unpaired) electrons. The van der Waals surface area contributed by atoms with E-state index in [-0.39, 0.29) is 5.82 Å². The van der Waals surface area contributed by atoms with Crippen molar-refractivity contribution in [3.63, 3.8) is 0 Å². The van der Waals surface area contributed by atoms with Crippen molar-refractivity contribution < 1.29 is 8.81 Å². The first-order chi connectivity index (χ1) is 10.7. The van der Waals surface area contributed by atoms with E-state index in [4.69, 9.17) is 4.42 Å². The van der Waals surface area contributed by atoms with Gasteiger partial charge in [0.25, 0.3) is 0 Å².